The molecule has 0 atom stereocenters. The number of imidazole rings is 1. The van der Waals surface area contributed by atoms with Crippen LogP contribution < -0.4 is 113 Å². The molecule has 138 valence electrons. The fourth-order valence-electron chi connectivity index (χ4n) is 2.82. The van der Waals surface area contributed by atoms with Crippen molar-refractivity contribution in [2.45, 2.75) is 19.3 Å². The van der Waals surface area contributed by atoms with Crippen LogP contribution in [0.2, 0.25) is 0 Å². The zero-order valence-electron chi connectivity index (χ0n) is 16.6. The number of hydrogen-bond donors (Lipinski definition) is 0. The number of aromatic nitrogens is 3. The second-order valence-corrected chi connectivity index (χ2v) is 6.46. The zero-order chi connectivity index (χ0) is 19.6. The van der Waals surface area contributed by atoms with Crippen LogP contribution in [0.5, 0.6) is 0 Å². The van der Waals surface area contributed by atoms with Crippen molar-refractivity contribution in [1.29, 1.82) is 0 Å². The second-order valence-electron chi connectivity index (χ2n) is 6.46. The van der Waals surface area contributed by atoms with Crippen molar-refractivity contribution >= 4 is 18.1 Å². The first-order valence-electron chi connectivity index (χ1n) is 8.00. The number of rotatable bonds is 2. The summed E-state index contributed by atoms with van der Waals surface area (Å²) in [6.45, 7) is 4.28. The van der Waals surface area contributed by atoms with E-state index in [0.29, 0.717) is 5.69 Å². The normalized spacial score (nSPS) is 12.7. The predicted octanol–water partition coefficient (Wildman–Crippen LogP) is -4.37. The standard InChI is InChI=1S/C18H15FN4.CH2O3.2K/c1-18(2)10-21-15-7-12(3-4-13(15)18)16-9-23(11-22-16)17-5-6-20-8-14(17)19;2-1(3)4;;/h3-11H,1-2H3;(H2,2,3,4);;/q;;2*+1/p-2. The van der Waals surface area contributed by atoms with Crippen LogP contribution in [0.4, 0.5) is 14.9 Å². The van der Waals surface area contributed by atoms with Crippen LogP contribution in [0.1, 0.15) is 19.4 Å². The molecule has 29 heavy (non-hydrogen) atoms. The maximum atomic E-state index is 13.8. The van der Waals surface area contributed by atoms with E-state index in [1.165, 1.54) is 11.8 Å². The molecule has 4 rings (SSSR count). The molecule has 0 amide bonds. The van der Waals surface area contributed by atoms with E-state index in [0.717, 1.165) is 16.9 Å². The number of benzene rings is 1. The number of fused-ring (bicyclic) bond motifs is 1. The van der Waals surface area contributed by atoms with Crippen LogP contribution in [0.3, 0.4) is 0 Å². The maximum Gasteiger partial charge on any atom is 1.00 e. The fraction of sp³-hybridized carbons (Fsp3) is 0.158. The number of carbonyl (C=O) groups excluding carboxylic acids is 1. The van der Waals surface area contributed by atoms with Gasteiger partial charge in [0.15, 0.2) is 5.82 Å². The van der Waals surface area contributed by atoms with E-state index in [4.69, 9.17) is 15.0 Å². The molecule has 0 saturated heterocycles. The zero-order valence-corrected chi connectivity index (χ0v) is 22.8. The molecule has 0 saturated carbocycles. The summed E-state index contributed by atoms with van der Waals surface area (Å²) in [7, 11) is 0. The third kappa shape index (κ3) is 6.60. The van der Waals surface area contributed by atoms with E-state index >= 15 is 0 Å². The SMILES string of the molecule is CC1(C)C=Nc2cc(-c3cn(-c4ccncc4F)cn3)ccc21.O=C([O-])[O-].[K+].[K+]. The molecule has 7 nitrogen and oxygen atoms in total. The first kappa shape index (κ1) is 26.8. The molecule has 2 aromatic heterocycles. The van der Waals surface area contributed by atoms with Gasteiger partial charge in [-0.2, -0.15) is 0 Å². The van der Waals surface area contributed by atoms with Gasteiger partial charge in [-0.25, -0.2) is 9.37 Å². The Bertz CT molecular complexity index is 1030. The maximum absolute atomic E-state index is 13.8. The molecule has 0 aliphatic carbocycles. The average Bonchev–Trinajstić information content (AvgIpc) is 3.20. The average molecular weight is 445 g/mol. The quantitative estimate of drug-likeness (QED) is 0.371. The number of nitrogens with zero attached hydrogens (tertiary/aromatic N) is 4. The van der Waals surface area contributed by atoms with E-state index < -0.39 is 6.16 Å². The summed E-state index contributed by atoms with van der Waals surface area (Å²) in [5.74, 6) is -0.378. The Hall–Kier alpha value is -0.277. The van der Waals surface area contributed by atoms with E-state index in [9.17, 15) is 4.39 Å². The summed E-state index contributed by atoms with van der Waals surface area (Å²) >= 11 is 0. The molecule has 10 heteroatoms. The smallest absolute Gasteiger partial charge is 0.652 e. The molecule has 1 aliphatic heterocycles. The van der Waals surface area contributed by atoms with Crippen LogP contribution in [-0.2, 0) is 5.41 Å². The van der Waals surface area contributed by atoms with Crippen molar-refractivity contribution in [3.63, 3.8) is 0 Å². The van der Waals surface area contributed by atoms with Crippen LogP contribution in [0.25, 0.3) is 16.9 Å². The summed E-state index contributed by atoms with van der Waals surface area (Å²) in [5.41, 5.74) is 4.32. The van der Waals surface area contributed by atoms with Crippen molar-refractivity contribution in [3.05, 3.63) is 60.6 Å². The first-order valence-corrected chi connectivity index (χ1v) is 8.00. The van der Waals surface area contributed by atoms with Gasteiger partial charge in [-0.1, -0.05) is 26.0 Å². The Balaban J connectivity index is 0.000000646. The molecule has 1 aliphatic rings. The van der Waals surface area contributed by atoms with Gasteiger partial charge >= 0.3 is 103 Å². The third-order valence-electron chi connectivity index (χ3n) is 4.13. The molecule has 1 aromatic carbocycles. The molecule has 0 bridgehead atoms. The largest absolute Gasteiger partial charge is 1.00 e. The van der Waals surface area contributed by atoms with E-state index in [1.54, 1.807) is 23.2 Å². The Morgan fingerprint density at radius 1 is 1.17 bits per heavy atom. The van der Waals surface area contributed by atoms with Crippen LogP contribution in [0, 0.1) is 5.82 Å². The third-order valence-corrected chi connectivity index (χ3v) is 4.13. The van der Waals surface area contributed by atoms with E-state index in [1.807, 2.05) is 24.5 Å². The van der Waals surface area contributed by atoms with Crippen molar-refractivity contribution in [2.75, 3.05) is 0 Å². The predicted molar refractivity (Wildman–Crippen MR) is 93.3 cm³/mol. The number of carboxylic acid groups (broad SMARTS) is 2. The molecule has 0 radical (unpaired) electrons. The molecule has 0 unspecified atom stereocenters. The molecule has 3 aromatic rings. The molecule has 0 N–H and O–H groups in total. The molecular weight excluding hydrogens is 429 g/mol. The number of halogens is 1. The molecule has 3 heterocycles. The van der Waals surface area contributed by atoms with Gasteiger partial charge in [0.05, 0.1) is 23.3 Å². The van der Waals surface area contributed by atoms with Gasteiger partial charge in [0.25, 0.3) is 0 Å². The van der Waals surface area contributed by atoms with Gasteiger partial charge in [-0.05, 0) is 23.9 Å². The summed E-state index contributed by atoms with van der Waals surface area (Å²) in [4.78, 5) is 21.0. The molecule has 0 fully saturated rings. The van der Waals surface area contributed by atoms with Gasteiger partial charge in [-0.3, -0.25) is 9.98 Å². The Morgan fingerprint density at radius 3 is 2.52 bits per heavy atom. The number of aliphatic imine (C=N–C) groups is 1. The molecule has 0 spiro atoms. The second kappa shape index (κ2) is 11.4. The topological polar surface area (TPSA) is 106 Å². The minimum Gasteiger partial charge on any atom is -0.652 e. The Morgan fingerprint density at radius 2 is 1.86 bits per heavy atom. The minimum absolute atomic E-state index is 0. The van der Waals surface area contributed by atoms with Crippen LogP contribution in [0.15, 0.2) is 54.2 Å². The number of carbonyl (C=O) groups is 1. The Labute approximate surface area is 252 Å². The van der Waals surface area contributed by atoms with Gasteiger partial charge in [0.2, 0.25) is 0 Å². The van der Waals surface area contributed by atoms with Gasteiger partial charge in [0, 0.05) is 29.6 Å². The summed E-state index contributed by atoms with van der Waals surface area (Å²) in [5, 5.41) is 16.7. The van der Waals surface area contributed by atoms with Gasteiger partial charge < -0.3 is 19.6 Å². The van der Waals surface area contributed by atoms with Crippen molar-refractivity contribution in [3.8, 4) is 16.9 Å². The van der Waals surface area contributed by atoms with Gasteiger partial charge in [0.1, 0.15) is 6.33 Å². The number of hydrogen-bond acceptors (Lipinski definition) is 6. The molecular formula is C19H15FK2N4O3. The van der Waals surface area contributed by atoms with E-state index in [2.05, 4.69) is 34.9 Å². The monoisotopic (exact) mass is 444 g/mol. The van der Waals surface area contributed by atoms with E-state index in [-0.39, 0.29) is 114 Å². The Kier molecular flexibility index (Phi) is 10.5. The summed E-state index contributed by atoms with van der Waals surface area (Å²) < 4.78 is 15.5. The summed E-state index contributed by atoms with van der Waals surface area (Å²) in [6.07, 6.45) is 5.80. The fourth-order valence-corrected chi connectivity index (χ4v) is 2.82. The first-order chi connectivity index (χ1) is 12.8. The van der Waals surface area contributed by atoms with Crippen molar-refractivity contribution < 1.29 is 122 Å². The van der Waals surface area contributed by atoms with Crippen LogP contribution in [-0.4, -0.2) is 26.9 Å². The number of pyridine rings is 1. The summed E-state index contributed by atoms with van der Waals surface area (Å²) in [6, 6.07) is 7.76. The van der Waals surface area contributed by atoms with Gasteiger partial charge in [-0.15, -0.1) is 0 Å². The van der Waals surface area contributed by atoms with Crippen molar-refractivity contribution in [1.82, 2.24) is 14.5 Å². The van der Waals surface area contributed by atoms with Crippen molar-refractivity contribution in [2.24, 2.45) is 4.99 Å². The van der Waals surface area contributed by atoms with Crippen LogP contribution >= 0.6 is 0 Å². The minimum atomic E-state index is -2.33.